The van der Waals surface area contributed by atoms with E-state index >= 15 is 0 Å². The summed E-state index contributed by atoms with van der Waals surface area (Å²) in [6.07, 6.45) is 5.57. The lowest BCUT2D eigenvalue weighted by Gasteiger charge is -2.33. The molecule has 0 amide bonds. The van der Waals surface area contributed by atoms with Crippen molar-refractivity contribution in [3.05, 3.63) is 65.0 Å². The minimum atomic E-state index is -0.821. The third-order valence-electron chi connectivity index (χ3n) is 4.53. The molecule has 1 aromatic heterocycles. The number of ether oxygens (including phenoxy) is 1. The van der Waals surface area contributed by atoms with E-state index in [0.717, 1.165) is 32.0 Å². The molecular weight excluding hydrogens is 310 g/mol. The molecule has 1 aliphatic rings. The van der Waals surface area contributed by atoms with E-state index in [1.807, 2.05) is 18.5 Å². The molecule has 2 heterocycles. The van der Waals surface area contributed by atoms with E-state index in [-0.39, 0.29) is 6.10 Å². The van der Waals surface area contributed by atoms with Crippen LogP contribution in [0.1, 0.15) is 29.2 Å². The third-order valence-corrected chi connectivity index (χ3v) is 4.53. The lowest BCUT2D eigenvalue weighted by Crippen LogP contribution is -2.39. The van der Waals surface area contributed by atoms with E-state index in [9.17, 15) is 8.78 Å². The zero-order valence-corrected chi connectivity index (χ0v) is 13.8. The molecule has 0 spiro atoms. The highest BCUT2D eigenvalue weighted by molar-refractivity contribution is 5.22. The molecule has 0 N–H and O–H groups in total. The van der Waals surface area contributed by atoms with Gasteiger partial charge in [-0.3, -0.25) is 9.88 Å². The molecule has 0 bridgehead atoms. The van der Waals surface area contributed by atoms with Gasteiger partial charge in [0.05, 0.1) is 12.7 Å². The van der Waals surface area contributed by atoms with Crippen molar-refractivity contribution in [2.75, 3.05) is 26.2 Å². The van der Waals surface area contributed by atoms with Crippen molar-refractivity contribution in [3.8, 4) is 0 Å². The summed E-state index contributed by atoms with van der Waals surface area (Å²) in [6.45, 7) is 5.24. The molecule has 3 rings (SSSR count). The Bertz CT molecular complexity index is 693. The first kappa shape index (κ1) is 17.0. The van der Waals surface area contributed by atoms with Gasteiger partial charge in [-0.25, -0.2) is 8.78 Å². The monoisotopic (exact) mass is 332 g/mol. The summed E-state index contributed by atoms with van der Waals surface area (Å²) in [5.74, 6) is -1.64. The van der Waals surface area contributed by atoms with Gasteiger partial charge in [-0.15, -0.1) is 0 Å². The van der Waals surface area contributed by atoms with Crippen LogP contribution in [0.15, 0.2) is 36.7 Å². The van der Waals surface area contributed by atoms with Gasteiger partial charge in [0.2, 0.25) is 0 Å². The van der Waals surface area contributed by atoms with Crippen LogP contribution in [0.5, 0.6) is 0 Å². The van der Waals surface area contributed by atoms with Crippen LogP contribution in [0, 0.1) is 18.6 Å². The zero-order valence-electron chi connectivity index (χ0n) is 13.8. The van der Waals surface area contributed by atoms with Gasteiger partial charge in [-0.05, 0) is 61.2 Å². The number of nitrogens with zero attached hydrogens (tertiary/aromatic N) is 2. The largest absolute Gasteiger partial charge is 0.371 e. The van der Waals surface area contributed by atoms with Crippen molar-refractivity contribution in [2.45, 2.75) is 25.9 Å². The fourth-order valence-electron chi connectivity index (χ4n) is 3.07. The molecule has 0 aliphatic carbocycles. The molecule has 0 saturated carbocycles. The predicted octanol–water partition coefficient (Wildman–Crippen LogP) is 3.67. The number of morpholine rings is 1. The summed E-state index contributed by atoms with van der Waals surface area (Å²) in [5.41, 5.74) is 3.25. The topological polar surface area (TPSA) is 25.4 Å². The van der Waals surface area contributed by atoms with Gasteiger partial charge in [0.1, 0.15) is 0 Å². The Labute approximate surface area is 141 Å². The molecule has 1 atom stereocenters. The van der Waals surface area contributed by atoms with Crippen LogP contribution >= 0.6 is 0 Å². The van der Waals surface area contributed by atoms with Crippen molar-refractivity contribution in [3.63, 3.8) is 0 Å². The number of hydrogen-bond donors (Lipinski definition) is 0. The fraction of sp³-hybridized carbons (Fsp3) is 0.421. The number of halogens is 2. The Morgan fingerprint density at radius 3 is 2.92 bits per heavy atom. The van der Waals surface area contributed by atoms with Gasteiger partial charge in [-0.2, -0.15) is 0 Å². The van der Waals surface area contributed by atoms with Crippen molar-refractivity contribution in [1.29, 1.82) is 0 Å². The molecule has 1 unspecified atom stereocenters. The molecule has 24 heavy (non-hydrogen) atoms. The second-order valence-corrected chi connectivity index (χ2v) is 6.24. The van der Waals surface area contributed by atoms with Crippen molar-refractivity contribution >= 4 is 0 Å². The van der Waals surface area contributed by atoms with Gasteiger partial charge >= 0.3 is 0 Å². The van der Waals surface area contributed by atoms with E-state index in [4.69, 9.17) is 4.74 Å². The Kier molecular flexibility index (Phi) is 5.53. The number of benzene rings is 1. The highest BCUT2D eigenvalue weighted by Gasteiger charge is 2.22. The molecule has 1 saturated heterocycles. The maximum Gasteiger partial charge on any atom is 0.159 e. The first-order chi connectivity index (χ1) is 11.6. The molecule has 128 valence electrons. The lowest BCUT2D eigenvalue weighted by atomic mass is 10.1. The highest BCUT2D eigenvalue weighted by Crippen LogP contribution is 2.24. The second kappa shape index (κ2) is 7.81. The van der Waals surface area contributed by atoms with Crippen LogP contribution in [0.2, 0.25) is 0 Å². The molecule has 2 aromatic rings. The maximum atomic E-state index is 13.4. The molecule has 1 aliphatic heterocycles. The van der Waals surface area contributed by atoms with Gasteiger partial charge in [-0.1, -0.05) is 6.07 Å². The Hall–Kier alpha value is -1.85. The zero-order chi connectivity index (χ0) is 16.9. The predicted molar refractivity (Wildman–Crippen MR) is 88.8 cm³/mol. The van der Waals surface area contributed by atoms with Crippen molar-refractivity contribution in [2.24, 2.45) is 0 Å². The standard InChI is InChI=1S/C19H22F2N2O/c1-14-6-7-22-12-16(14)3-2-8-23-9-10-24-19(13-23)15-4-5-17(20)18(21)11-15/h4-7,11-12,19H,2-3,8-10,13H2,1H3. The SMILES string of the molecule is Cc1ccncc1CCCN1CCOC(c2ccc(F)c(F)c2)C1. The lowest BCUT2D eigenvalue weighted by molar-refractivity contribution is -0.0303. The minimum absolute atomic E-state index is 0.200. The van der Waals surface area contributed by atoms with Crippen LogP contribution in [-0.4, -0.2) is 36.1 Å². The molecule has 3 nitrogen and oxygen atoms in total. The summed E-state index contributed by atoms with van der Waals surface area (Å²) in [4.78, 5) is 6.50. The normalized spacial score (nSPS) is 18.7. The quantitative estimate of drug-likeness (QED) is 0.835. The maximum absolute atomic E-state index is 13.4. The molecule has 1 fully saturated rings. The third kappa shape index (κ3) is 4.16. The smallest absolute Gasteiger partial charge is 0.159 e. The molecule has 0 radical (unpaired) electrons. The summed E-state index contributed by atoms with van der Waals surface area (Å²) in [6, 6.07) is 6.04. The minimum Gasteiger partial charge on any atom is -0.371 e. The van der Waals surface area contributed by atoms with E-state index < -0.39 is 11.6 Å². The Morgan fingerprint density at radius 2 is 2.12 bits per heavy atom. The Morgan fingerprint density at radius 1 is 1.25 bits per heavy atom. The number of aryl methyl sites for hydroxylation is 2. The first-order valence-corrected chi connectivity index (χ1v) is 8.32. The summed E-state index contributed by atoms with van der Waals surface area (Å²) in [7, 11) is 0. The van der Waals surface area contributed by atoms with Gasteiger partial charge in [0, 0.05) is 25.5 Å². The van der Waals surface area contributed by atoms with Crippen LogP contribution in [0.4, 0.5) is 8.78 Å². The highest BCUT2D eigenvalue weighted by atomic mass is 19.2. The number of rotatable bonds is 5. The molecule has 5 heteroatoms. The fourth-order valence-corrected chi connectivity index (χ4v) is 3.07. The van der Waals surface area contributed by atoms with Gasteiger partial charge in [0.25, 0.3) is 0 Å². The molecular formula is C19H22F2N2O. The Balaban J connectivity index is 1.54. The van der Waals surface area contributed by atoms with Crippen LogP contribution in [-0.2, 0) is 11.2 Å². The summed E-state index contributed by atoms with van der Waals surface area (Å²) in [5, 5.41) is 0. The van der Waals surface area contributed by atoms with Crippen molar-refractivity contribution in [1.82, 2.24) is 9.88 Å². The number of aromatic nitrogens is 1. The average molecular weight is 332 g/mol. The second-order valence-electron chi connectivity index (χ2n) is 6.24. The van der Waals surface area contributed by atoms with Crippen LogP contribution < -0.4 is 0 Å². The van der Waals surface area contributed by atoms with E-state index in [2.05, 4.69) is 16.8 Å². The van der Waals surface area contributed by atoms with Gasteiger partial charge < -0.3 is 4.74 Å². The average Bonchev–Trinajstić information content (AvgIpc) is 2.59. The van der Waals surface area contributed by atoms with Gasteiger partial charge in [0.15, 0.2) is 11.6 Å². The number of pyridine rings is 1. The van der Waals surface area contributed by atoms with Crippen LogP contribution in [0.25, 0.3) is 0 Å². The summed E-state index contributed by atoms with van der Waals surface area (Å²) < 4.78 is 32.2. The number of hydrogen-bond acceptors (Lipinski definition) is 3. The van der Waals surface area contributed by atoms with E-state index in [1.54, 1.807) is 6.07 Å². The first-order valence-electron chi connectivity index (χ1n) is 8.32. The molecule has 1 aromatic carbocycles. The van der Waals surface area contributed by atoms with E-state index in [1.165, 1.54) is 17.2 Å². The van der Waals surface area contributed by atoms with Crippen LogP contribution in [0.3, 0.4) is 0 Å². The van der Waals surface area contributed by atoms with Crippen molar-refractivity contribution < 1.29 is 13.5 Å². The summed E-state index contributed by atoms with van der Waals surface area (Å²) >= 11 is 0. The van der Waals surface area contributed by atoms with E-state index in [0.29, 0.717) is 18.7 Å².